The van der Waals surface area contributed by atoms with Crippen molar-refractivity contribution in [2.75, 3.05) is 6.61 Å². The molecule has 100 valence electrons. The molecule has 2 fully saturated rings. The van der Waals surface area contributed by atoms with E-state index in [9.17, 15) is 0 Å². The fourth-order valence-corrected chi connectivity index (χ4v) is 3.35. The molecule has 1 aliphatic carbocycles. The van der Waals surface area contributed by atoms with Gasteiger partial charge in [-0.2, -0.15) is 0 Å². The molecule has 17 heavy (non-hydrogen) atoms. The predicted molar refractivity (Wildman–Crippen MR) is 72.1 cm³/mol. The summed E-state index contributed by atoms with van der Waals surface area (Å²) in [5, 5.41) is 3.90. The zero-order valence-corrected chi connectivity index (χ0v) is 11.9. The fraction of sp³-hybridized carbons (Fsp3) is 1.00. The first-order valence-corrected chi connectivity index (χ1v) is 7.45. The average molecular weight is 239 g/mol. The summed E-state index contributed by atoms with van der Waals surface area (Å²) < 4.78 is 5.84. The molecule has 2 heteroatoms. The maximum absolute atomic E-state index is 5.84. The highest BCUT2D eigenvalue weighted by molar-refractivity contribution is 4.89. The zero-order valence-electron chi connectivity index (χ0n) is 11.9. The van der Waals surface area contributed by atoms with Gasteiger partial charge in [-0.05, 0) is 43.4 Å². The van der Waals surface area contributed by atoms with Gasteiger partial charge in [0.1, 0.15) is 0 Å². The maximum atomic E-state index is 5.84. The minimum Gasteiger partial charge on any atom is -0.378 e. The van der Waals surface area contributed by atoms with E-state index in [2.05, 4.69) is 33.0 Å². The molecule has 0 bridgehead atoms. The standard InChI is InChI=1S/C15H29NO/c1-10(2)15-9-13(7-8-17-15)16-14-6-5-11(3)12(14)4/h10-16H,5-9H2,1-4H3. The number of nitrogens with one attached hydrogen (secondary N) is 1. The monoisotopic (exact) mass is 239 g/mol. The molecule has 0 aromatic heterocycles. The number of hydrogen-bond donors (Lipinski definition) is 1. The van der Waals surface area contributed by atoms with E-state index in [1.165, 1.54) is 25.7 Å². The molecule has 0 amide bonds. The van der Waals surface area contributed by atoms with Crippen LogP contribution < -0.4 is 5.32 Å². The van der Waals surface area contributed by atoms with E-state index in [0.717, 1.165) is 24.5 Å². The van der Waals surface area contributed by atoms with Gasteiger partial charge in [0.25, 0.3) is 0 Å². The quantitative estimate of drug-likeness (QED) is 0.816. The third-order valence-corrected chi connectivity index (χ3v) is 4.97. The highest BCUT2D eigenvalue weighted by atomic mass is 16.5. The minimum absolute atomic E-state index is 0.468. The Bertz CT molecular complexity index is 241. The molecule has 1 N–H and O–H groups in total. The van der Waals surface area contributed by atoms with Gasteiger partial charge >= 0.3 is 0 Å². The van der Waals surface area contributed by atoms with Gasteiger partial charge in [-0.3, -0.25) is 0 Å². The van der Waals surface area contributed by atoms with E-state index in [-0.39, 0.29) is 0 Å². The van der Waals surface area contributed by atoms with E-state index in [0.29, 0.717) is 18.1 Å². The van der Waals surface area contributed by atoms with E-state index in [1.54, 1.807) is 0 Å². The number of rotatable bonds is 3. The Kier molecular flexibility index (Phi) is 4.48. The lowest BCUT2D eigenvalue weighted by Gasteiger charge is -2.35. The second-order valence-electron chi connectivity index (χ2n) is 6.56. The van der Waals surface area contributed by atoms with Crippen molar-refractivity contribution in [2.45, 2.75) is 71.6 Å². The van der Waals surface area contributed by atoms with E-state index in [4.69, 9.17) is 4.74 Å². The van der Waals surface area contributed by atoms with E-state index in [1.807, 2.05) is 0 Å². The highest BCUT2D eigenvalue weighted by Gasteiger charge is 2.33. The first kappa shape index (κ1) is 13.4. The van der Waals surface area contributed by atoms with Crippen LogP contribution in [0.15, 0.2) is 0 Å². The van der Waals surface area contributed by atoms with Crippen LogP contribution in [0.2, 0.25) is 0 Å². The molecule has 0 radical (unpaired) electrons. The summed E-state index contributed by atoms with van der Waals surface area (Å²) in [4.78, 5) is 0. The van der Waals surface area contributed by atoms with Crippen LogP contribution >= 0.6 is 0 Å². The lowest BCUT2D eigenvalue weighted by molar-refractivity contribution is -0.0265. The molecule has 2 aliphatic rings. The molecular formula is C15H29NO. The maximum Gasteiger partial charge on any atom is 0.0612 e. The first-order chi connectivity index (χ1) is 8.08. The Labute approximate surface area is 107 Å². The molecule has 0 spiro atoms. The van der Waals surface area contributed by atoms with Gasteiger partial charge in [0.15, 0.2) is 0 Å². The second kappa shape index (κ2) is 5.71. The second-order valence-corrected chi connectivity index (χ2v) is 6.56. The van der Waals surface area contributed by atoms with Crippen LogP contribution in [0.3, 0.4) is 0 Å². The molecular weight excluding hydrogens is 210 g/mol. The van der Waals surface area contributed by atoms with Crippen molar-refractivity contribution >= 4 is 0 Å². The molecule has 0 aromatic carbocycles. The number of hydrogen-bond acceptors (Lipinski definition) is 2. The van der Waals surface area contributed by atoms with E-state index < -0.39 is 0 Å². The Hall–Kier alpha value is -0.0800. The van der Waals surface area contributed by atoms with Crippen LogP contribution in [-0.4, -0.2) is 24.8 Å². The van der Waals surface area contributed by atoms with Gasteiger partial charge < -0.3 is 10.1 Å². The zero-order chi connectivity index (χ0) is 12.4. The molecule has 1 aliphatic heterocycles. The summed E-state index contributed by atoms with van der Waals surface area (Å²) in [5.74, 6) is 2.39. The Morgan fingerprint density at radius 2 is 1.88 bits per heavy atom. The van der Waals surface area contributed by atoms with Crippen molar-refractivity contribution in [3.05, 3.63) is 0 Å². The van der Waals surface area contributed by atoms with Crippen molar-refractivity contribution in [1.29, 1.82) is 0 Å². The number of ether oxygens (including phenoxy) is 1. The molecule has 2 rings (SSSR count). The van der Waals surface area contributed by atoms with Gasteiger partial charge in [0.05, 0.1) is 6.10 Å². The summed E-state index contributed by atoms with van der Waals surface area (Å²) in [6, 6.07) is 1.44. The lowest BCUT2D eigenvalue weighted by atomic mass is 9.93. The summed E-state index contributed by atoms with van der Waals surface area (Å²) in [5.41, 5.74) is 0. The predicted octanol–water partition coefficient (Wildman–Crippen LogP) is 3.21. The van der Waals surface area contributed by atoms with Gasteiger partial charge in [-0.1, -0.05) is 27.7 Å². The fourth-order valence-electron chi connectivity index (χ4n) is 3.35. The average Bonchev–Trinajstić information content (AvgIpc) is 2.61. The van der Waals surface area contributed by atoms with Crippen LogP contribution in [0.4, 0.5) is 0 Å². The van der Waals surface area contributed by atoms with Crippen LogP contribution in [-0.2, 0) is 4.74 Å². The van der Waals surface area contributed by atoms with E-state index >= 15 is 0 Å². The molecule has 0 aromatic rings. The highest BCUT2D eigenvalue weighted by Crippen LogP contribution is 2.32. The van der Waals surface area contributed by atoms with Crippen molar-refractivity contribution in [3.8, 4) is 0 Å². The summed E-state index contributed by atoms with van der Waals surface area (Å²) >= 11 is 0. The Morgan fingerprint density at radius 3 is 2.47 bits per heavy atom. The molecule has 5 atom stereocenters. The van der Waals surface area contributed by atoms with Crippen molar-refractivity contribution < 1.29 is 4.74 Å². The van der Waals surface area contributed by atoms with Crippen LogP contribution in [0.5, 0.6) is 0 Å². The smallest absolute Gasteiger partial charge is 0.0612 e. The van der Waals surface area contributed by atoms with Gasteiger partial charge in [0.2, 0.25) is 0 Å². The summed E-state index contributed by atoms with van der Waals surface area (Å²) in [6.07, 6.45) is 5.63. The SMILES string of the molecule is CC(C)C1CC(NC2CCC(C)C2C)CCO1. The van der Waals surface area contributed by atoms with Crippen molar-refractivity contribution in [1.82, 2.24) is 5.32 Å². The van der Waals surface area contributed by atoms with Crippen LogP contribution in [0.1, 0.15) is 53.4 Å². The molecule has 5 unspecified atom stereocenters. The molecule has 1 saturated heterocycles. The van der Waals surface area contributed by atoms with Gasteiger partial charge in [-0.25, -0.2) is 0 Å². The lowest BCUT2D eigenvalue weighted by Crippen LogP contribution is -2.46. The molecule has 1 heterocycles. The normalized spacial score (nSPS) is 43.2. The Balaban J connectivity index is 1.82. The first-order valence-electron chi connectivity index (χ1n) is 7.45. The molecule has 1 saturated carbocycles. The van der Waals surface area contributed by atoms with Crippen LogP contribution in [0.25, 0.3) is 0 Å². The van der Waals surface area contributed by atoms with Gasteiger partial charge in [-0.15, -0.1) is 0 Å². The Morgan fingerprint density at radius 1 is 1.12 bits per heavy atom. The van der Waals surface area contributed by atoms with Crippen molar-refractivity contribution in [2.24, 2.45) is 17.8 Å². The third kappa shape index (κ3) is 3.23. The van der Waals surface area contributed by atoms with Gasteiger partial charge in [0, 0.05) is 18.7 Å². The summed E-state index contributed by atoms with van der Waals surface area (Å²) in [6.45, 7) is 10.3. The molecule has 2 nitrogen and oxygen atoms in total. The third-order valence-electron chi connectivity index (χ3n) is 4.97. The minimum atomic E-state index is 0.468. The van der Waals surface area contributed by atoms with Crippen molar-refractivity contribution in [3.63, 3.8) is 0 Å². The topological polar surface area (TPSA) is 21.3 Å². The summed E-state index contributed by atoms with van der Waals surface area (Å²) in [7, 11) is 0. The largest absolute Gasteiger partial charge is 0.378 e. The van der Waals surface area contributed by atoms with Crippen LogP contribution in [0, 0.1) is 17.8 Å².